The minimum atomic E-state index is -0.282. The lowest BCUT2D eigenvalue weighted by Crippen LogP contribution is -2.43. The third kappa shape index (κ3) is 2.41. The molecule has 0 radical (unpaired) electrons. The smallest absolute Gasteiger partial charge is 0.307 e. The normalized spacial score (nSPS) is 18.2. The van der Waals surface area contributed by atoms with E-state index in [1.54, 1.807) is 13.2 Å². The summed E-state index contributed by atoms with van der Waals surface area (Å²) < 4.78 is 2.61. The van der Waals surface area contributed by atoms with Crippen molar-refractivity contribution in [3.8, 4) is 0 Å². The molecule has 0 spiro atoms. The van der Waals surface area contributed by atoms with Crippen molar-refractivity contribution in [1.29, 1.82) is 0 Å². The molecular formula is C13H21N3O2. The average molecular weight is 251 g/mol. The van der Waals surface area contributed by atoms with Gasteiger partial charge in [-0.05, 0) is 19.8 Å². The summed E-state index contributed by atoms with van der Waals surface area (Å²) in [5, 5.41) is 3.46. The van der Waals surface area contributed by atoms with Crippen LogP contribution in [0.4, 0.5) is 0 Å². The van der Waals surface area contributed by atoms with E-state index in [2.05, 4.69) is 12.2 Å². The maximum Gasteiger partial charge on any atom is 0.330 e. The summed E-state index contributed by atoms with van der Waals surface area (Å²) >= 11 is 0. The number of nitrogens with one attached hydrogen (secondary N) is 1. The number of hydrogen-bond acceptors (Lipinski definition) is 3. The Labute approximate surface area is 106 Å². The molecule has 5 heteroatoms. The molecule has 0 unspecified atom stereocenters. The summed E-state index contributed by atoms with van der Waals surface area (Å²) in [5.41, 5.74) is 0.301. The van der Waals surface area contributed by atoms with Crippen molar-refractivity contribution < 1.29 is 0 Å². The van der Waals surface area contributed by atoms with Crippen LogP contribution in [-0.4, -0.2) is 14.7 Å². The molecule has 2 rings (SSSR count). The highest BCUT2D eigenvalue weighted by Crippen LogP contribution is 2.28. The molecule has 1 aliphatic rings. The highest BCUT2D eigenvalue weighted by Gasteiger charge is 2.27. The van der Waals surface area contributed by atoms with Crippen LogP contribution in [0.5, 0.6) is 0 Å². The van der Waals surface area contributed by atoms with Crippen LogP contribution in [0, 0.1) is 0 Å². The van der Waals surface area contributed by atoms with Crippen molar-refractivity contribution in [3.63, 3.8) is 0 Å². The topological polar surface area (TPSA) is 56.0 Å². The van der Waals surface area contributed by atoms with Gasteiger partial charge in [-0.3, -0.25) is 9.36 Å². The van der Waals surface area contributed by atoms with E-state index >= 15 is 0 Å². The van der Waals surface area contributed by atoms with Crippen molar-refractivity contribution in [3.05, 3.63) is 32.6 Å². The van der Waals surface area contributed by atoms with Crippen LogP contribution < -0.4 is 16.6 Å². The van der Waals surface area contributed by atoms with Crippen LogP contribution in [-0.2, 0) is 20.6 Å². The monoisotopic (exact) mass is 251 g/mol. The highest BCUT2D eigenvalue weighted by atomic mass is 16.2. The Morgan fingerprint density at radius 1 is 1.28 bits per heavy atom. The van der Waals surface area contributed by atoms with Crippen LogP contribution in [0.2, 0.25) is 0 Å². The van der Waals surface area contributed by atoms with Crippen LogP contribution in [0.3, 0.4) is 0 Å². The molecule has 0 bridgehead atoms. The van der Waals surface area contributed by atoms with Gasteiger partial charge in [0.25, 0.3) is 5.56 Å². The van der Waals surface area contributed by atoms with E-state index in [-0.39, 0.29) is 16.8 Å². The third-order valence-electron chi connectivity index (χ3n) is 3.93. The van der Waals surface area contributed by atoms with Gasteiger partial charge in [0.15, 0.2) is 0 Å². The molecule has 100 valence electrons. The second-order valence-electron chi connectivity index (χ2n) is 5.53. The van der Waals surface area contributed by atoms with Crippen LogP contribution >= 0.6 is 0 Å². The predicted octanol–water partition coefficient (Wildman–Crippen LogP) is 0.506. The lowest BCUT2D eigenvalue weighted by Gasteiger charge is -2.25. The van der Waals surface area contributed by atoms with Gasteiger partial charge in [0, 0.05) is 37.9 Å². The Bertz CT molecular complexity index is 550. The summed E-state index contributed by atoms with van der Waals surface area (Å²) in [6.45, 7) is 2.73. The van der Waals surface area contributed by atoms with Gasteiger partial charge in [-0.2, -0.15) is 0 Å². The first kappa shape index (κ1) is 13.1. The maximum atomic E-state index is 12.0. The minimum absolute atomic E-state index is 0.139. The first-order valence-electron chi connectivity index (χ1n) is 6.43. The van der Waals surface area contributed by atoms with E-state index in [0.717, 1.165) is 17.4 Å². The number of rotatable bonds is 3. The second kappa shape index (κ2) is 4.72. The molecule has 0 saturated heterocycles. The predicted molar refractivity (Wildman–Crippen MR) is 70.6 cm³/mol. The molecule has 0 aromatic carbocycles. The van der Waals surface area contributed by atoms with Gasteiger partial charge in [-0.15, -0.1) is 0 Å². The molecule has 18 heavy (non-hydrogen) atoms. The average Bonchev–Trinajstić information content (AvgIpc) is 2.77. The standard InChI is InChI=1S/C13H21N3O2/c1-13(6-4-5-7-13)14-8-10-9-15(2)12(18)16(3)11(10)17/h9,14H,4-8H2,1-3H3. The van der Waals surface area contributed by atoms with E-state index in [0.29, 0.717) is 12.1 Å². The van der Waals surface area contributed by atoms with E-state index in [1.807, 2.05) is 0 Å². The fourth-order valence-corrected chi connectivity index (χ4v) is 2.65. The zero-order valence-electron chi connectivity index (χ0n) is 11.3. The Balaban J connectivity index is 2.20. The third-order valence-corrected chi connectivity index (χ3v) is 3.93. The van der Waals surface area contributed by atoms with E-state index < -0.39 is 0 Å². The van der Waals surface area contributed by atoms with Crippen LogP contribution in [0.25, 0.3) is 0 Å². The van der Waals surface area contributed by atoms with Crippen molar-refractivity contribution in [2.24, 2.45) is 14.1 Å². The van der Waals surface area contributed by atoms with Gasteiger partial charge < -0.3 is 9.88 Å². The Morgan fingerprint density at radius 2 is 1.89 bits per heavy atom. The molecular weight excluding hydrogens is 230 g/mol. The molecule has 1 heterocycles. The number of aromatic nitrogens is 2. The summed E-state index contributed by atoms with van der Waals surface area (Å²) in [5.74, 6) is 0. The number of nitrogens with zero attached hydrogens (tertiary/aromatic N) is 2. The fraction of sp³-hybridized carbons (Fsp3) is 0.692. The first-order valence-corrected chi connectivity index (χ1v) is 6.43. The zero-order chi connectivity index (χ0) is 13.3. The van der Waals surface area contributed by atoms with Gasteiger partial charge >= 0.3 is 5.69 Å². The zero-order valence-corrected chi connectivity index (χ0v) is 11.3. The summed E-state index contributed by atoms with van der Waals surface area (Å²) in [4.78, 5) is 23.5. The van der Waals surface area contributed by atoms with Gasteiger partial charge in [-0.1, -0.05) is 12.8 Å². The minimum Gasteiger partial charge on any atom is -0.307 e. The van der Waals surface area contributed by atoms with Crippen molar-refractivity contribution in [1.82, 2.24) is 14.5 Å². The SMILES string of the molecule is Cn1cc(CNC2(C)CCCC2)c(=O)n(C)c1=O. The van der Waals surface area contributed by atoms with Gasteiger partial charge in [0.2, 0.25) is 0 Å². The molecule has 1 aromatic heterocycles. The quantitative estimate of drug-likeness (QED) is 0.851. The molecule has 1 saturated carbocycles. The molecule has 1 aliphatic carbocycles. The number of aryl methyl sites for hydroxylation is 1. The van der Waals surface area contributed by atoms with Crippen LogP contribution in [0.1, 0.15) is 38.2 Å². The van der Waals surface area contributed by atoms with E-state index in [1.165, 1.54) is 24.5 Å². The Morgan fingerprint density at radius 3 is 2.50 bits per heavy atom. The molecule has 1 N–H and O–H groups in total. The molecule has 1 aromatic rings. The van der Waals surface area contributed by atoms with Gasteiger partial charge in [0.05, 0.1) is 0 Å². The summed E-state index contributed by atoms with van der Waals surface area (Å²) in [6, 6.07) is 0. The molecule has 0 aliphatic heterocycles. The lowest BCUT2D eigenvalue weighted by atomic mass is 10.0. The summed E-state index contributed by atoms with van der Waals surface area (Å²) in [6.07, 6.45) is 6.43. The molecule has 0 amide bonds. The van der Waals surface area contributed by atoms with Gasteiger partial charge in [0.1, 0.15) is 0 Å². The summed E-state index contributed by atoms with van der Waals surface area (Å²) in [7, 11) is 3.19. The van der Waals surface area contributed by atoms with E-state index in [9.17, 15) is 9.59 Å². The Kier molecular flexibility index (Phi) is 3.43. The first-order chi connectivity index (χ1) is 8.43. The van der Waals surface area contributed by atoms with Crippen LogP contribution in [0.15, 0.2) is 15.8 Å². The van der Waals surface area contributed by atoms with Crippen molar-refractivity contribution in [2.45, 2.75) is 44.7 Å². The highest BCUT2D eigenvalue weighted by molar-refractivity contribution is 5.06. The van der Waals surface area contributed by atoms with Crippen molar-refractivity contribution >= 4 is 0 Å². The second-order valence-corrected chi connectivity index (χ2v) is 5.53. The maximum absolute atomic E-state index is 12.0. The van der Waals surface area contributed by atoms with Gasteiger partial charge in [-0.25, -0.2) is 4.79 Å². The molecule has 0 atom stereocenters. The lowest BCUT2D eigenvalue weighted by molar-refractivity contribution is 0.360. The van der Waals surface area contributed by atoms with E-state index in [4.69, 9.17) is 0 Å². The van der Waals surface area contributed by atoms with Crippen molar-refractivity contribution in [2.75, 3.05) is 0 Å². The fourth-order valence-electron chi connectivity index (χ4n) is 2.65. The molecule has 5 nitrogen and oxygen atoms in total. The largest absolute Gasteiger partial charge is 0.330 e. The Hall–Kier alpha value is -1.36. The number of hydrogen-bond donors (Lipinski definition) is 1. The molecule has 1 fully saturated rings.